The lowest BCUT2D eigenvalue weighted by atomic mass is 10.1. The summed E-state index contributed by atoms with van der Waals surface area (Å²) in [6.45, 7) is 4.07. The van der Waals surface area contributed by atoms with E-state index < -0.39 is 5.91 Å². The molecule has 9 heteroatoms. The van der Waals surface area contributed by atoms with Gasteiger partial charge in [-0.25, -0.2) is 4.98 Å². The summed E-state index contributed by atoms with van der Waals surface area (Å²) in [6, 6.07) is 20.2. The second-order valence-corrected chi connectivity index (χ2v) is 9.94. The van der Waals surface area contributed by atoms with Crippen molar-refractivity contribution >= 4 is 69.3 Å². The molecule has 2 heterocycles. The van der Waals surface area contributed by atoms with E-state index in [4.69, 9.17) is 44.3 Å². The Morgan fingerprint density at radius 2 is 1.74 bits per heavy atom. The predicted octanol–water partition coefficient (Wildman–Crippen LogP) is 8.20. The van der Waals surface area contributed by atoms with Crippen molar-refractivity contribution in [2.45, 2.75) is 13.8 Å². The van der Waals surface area contributed by atoms with Crippen LogP contribution in [0.5, 0.6) is 0 Å². The first-order chi connectivity index (χ1) is 18.2. The van der Waals surface area contributed by atoms with E-state index in [9.17, 15) is 4.79 Å². The van der Waals surface area contributed by atoms with Crippen LogP contribution in [0.25, 0.3) is 40.0 Å². The minimum absolute atomic E-state index is 0.144. The third-order valence-corrected chi connectivity index (χ3v) is 6.31. The number of rotatable bonds is 5. The number of nitrogens with zero attached hydrogens (tertiary/aromatic N) is 1. The van der Waals surface area contributed by atoms with Crippen LogP contribution in [-0.4, -0.2) is 16.0 Å². The highest BCUT2D eigenvalue weighted by molar-refractivity contribution is 7.80. The van der Waals surface area contributed by atoms with Crippen LogP contribution < -0.4 is 10.6 Å². The van der Waals surface area contributed by atoms with Crippen molar-refractivity contribution in [2.75, 3.05) is 5.32 Å². The number of hydrogen-bond donors (Lipinski definition) is 2. The SMILES string of the molecule is Cc1ccc(-c2nc3cc(NC(=S)NC(=O)/C=C/c4ccc(-c5cc(Cl)cc(Cl)c5)o4)ccc3o2)c(C)c1. The van der Waals surface area contributed by atoms with Crippen LogP contribution >= 0.6 is 35.4 Å². The molecule has 0 aliphatic rings. The number of oxazole rings is 1. The molecule has 6 nitrogen and oxygen atoms in total. The fourth-order valence-electron chi connectivity index (χ4n) is 3.94. The molecular formula is C29H21Cl2N3O3S. The topological polar surface area (TPSA) is 80.3 Å². The maximum Gasteiger partial charge on any atom is 0.250 e. The maximum absolute atomic E-state index is 12.4. The van der Waals surface area contributed by atoms with Gasteiger partial charge in [0, 0.05) is 32.9 Å². The number of aromatic nitrogens is 1. The number of anilines is 1. The van der Waals surface area contributed by atoms with Gasteiger partial charge in [-0.1, -0.05) is 40.9 Å². The van der Waals surface area contributed by atoms with Crippen molar-refractivity contribution in [2.24, 2.45) is 0 Å². The second-order valence-electron chi connectivity index (χ2n) is 8.66. The molecule has 5 aromatic rings. The van der Waals surface area contributed by atoms with Gasteiger partial charge in [0.05, 0.1) is 0 Å². The van der Waals surface area contributed by atoms with Crippen LogP contribution in [-0.2, 0) is 4.79 Å². The summed E-state index contributed by atoms with van der Waals surface area (Å²) in [7, 11) is 0. The summed E-state index contributed by atoms with van der Waals surface area (Å²) in [5, 5.41) is 6.78. The quantitative estimate of drug-likeness (QED) is 0.166. The monoisotopic (exact) mass is 561 g/mol. The van der Waals surface area contributed by atoms with Gasteiger partial charge in [0.15, 0.2) is 10.7 Å². The molecule has 0 aliphatic heterocycles. The molecule has 0 saturated carbocycles. The van der Waals surface area contributed by atoms with Crippen LogP contribution in [0, 0.1) is 13.8 Å². The fraction of sp³-hybridized carbons (Fsp3) is 0.0690. The van der Waals surface area contributed by atoms with Crippen molar-refractivity contribution < 1.29 is 13.6 Å². The lowest BCUT2D eigenvalue weighted by Gasteiger charge is -2.07. The van der Waals surface area contributed by atoms with Gasteiger partial charge in [0.25, 0.3) is 0 Å². The van der Waals surface area contributed by atoms with Crippen LogP contribution in [0.3, 0.4) is 0 Å². The summed E-state index contributed by atoms with van der Waals surface area (Å²) in [5.74, 6) is 1.21. The molecule has 2 aromatic heterocycles. The van der Waals surface area contributed by atoms with Crippen molar-refractivity contribution in [1.29, 1.82) is 0 Å². The molecule has 0 spiro atoms. The Labute approximate surface area is 234 Å². The fourth-order valence-corrected chi connectivity index (χ4v) is 4.69. The van der Waals surface area contributed by atoms with Crippen molar-refractivity contribution in [1.82, 2.24) is 10.3 Å². The Morgan fingerprint density at radius 3 is 2.50 bits per heavy atom. The highest BCUT2D eigenvalue weighted by atomic mass is 35.5. The van der Waals surface area contributed by atoms with E-state index in [-0.39, 0.29) is 5.11 Å². The molecule has 0 saturated heterocycles. The average molecular weight is 562 g/mol. The normalized spacial score (nSPS) is 11.3. The van der Waals surface area contributed by atoms with Gasteiger partial charge in [0.2, 0.25) is 11.8 Å². The minimum Gasteiger partial charge on any atom is -0.457 e. The molecule has 3 aromatic carbocycles. The number of carbonyl (C=O) groups is 1. The molecule has 5 rings (SSSR count). The number of fused-ring (bicyclic) bond motifs is 1. The third-order valence-electron chi connectivity index (χ3n) is 5.67. The number of amides is 1. The van der Waals surface area contributed by atoms with E-state index >= 15 is 0 Å². The van der Waals surface area contributed by atoms with Crippen molar-refractivity contribution in [3.63, 3.8) is 0 Å². The van der Waals surface area contributed by atoms with Crippen molar-refractivity contribution in [3.05, 3.63) is 99.7 Å². The number of carbonyl (C=O) groups excluding carboxylic acids is 1. The van der Waals surface area contributed by atoms with Crippen molar-refractivity contribution in [3.8, 4) is 22.8 Å². The van der Waals surface area contributed by atoms with Gasteiger partial charge >= 0.3 is 0 Å². The first kappa shape index (κ1) is 25.7. The highest BCUT2D eigenvalue weighted by Crippen LogP contribution is 2.30. The Morgan fingerprint density at radius 1 is 0.947 bits per heavy atom. The van der Waals surface area contributed by atoms with Gasteiger partial charge in [-0.15, -0.1) is 0 Å². The summed E-state index contributed by atoms with van der Waals surface area (Å²) >= 11 is 17.4. The van der Waals surface area contributed by atoms with Crippen LogP contribution in [0.15, 0.2) is 81.6 Å². The summed E-state index contributed by atoms with van der Waals surface area (Å²) in [5.41, 5.74) is 5.94. The van der Waals surface area contributed by atoms with Gasteiger partial charge in [-0.05, 0) is 92.3 Å². The van der Waals surface area contributed by atoms with Crippen LogP contribution in [0.4, 0.5) is 5.69 Å². The lowest BCUT2D eigenvalue weighted by Crippen LogP contribution is -2.32. The summed E-state index contributed by atoms with van der Waals surface area (Å²) in [4.78, 5) is 17.0. The van der Waals surface area contributed by atoms with Gasteiger partial charge in [0.1, 0.15) is 17.0 Å². The number of benzene rings is 3. The molecule has 2 N–H and O–H groups in total. The van der Waals surface area contributed by atoms with Gasteiger partial charge in [-0.3, -0.25) is 10.1 Å². The number of hydrogen-bond acceptors (Lipinski definition) is 5. The predicted molar refractivity (Wildman–Crippen MR) is 156 cm³/mol. The Bertz CT molecular complexity index is 1700. The molecule has 0 radical (unpaired) electrons. The van der Waals surface area contributed by atoms with Gasteiger partial charge < -0.3 is 14.2 Å². The molecule has 0 atom stereocenters. The van der Waals surface area contributed by atoms with Crippen LogP contribution in [0.2, 0.25) is 10.0 Å². The molecule has 38 heavy (non-hydrogen) atoms. The second kappa shape index (κ2) is 10.8. The zero-order valence-electron chi connectivity index (χ0n) is 20.3. The Hall–Kier alpha value is -3.91. The highest BCUT2D eigenvalue weighted by Gasteiger charge is 2.12. The largest absolute Gasteiger partial charge is 0.457 e. The lowest BCUT2D eigenvalue weighted by molar-refractivity contribution is -0.115. The number of furan rings is 1. The molecule has 0 unspecified atom stereocenters. The Kier molecular flexibility index (Phi) is 7.33. The van der Waals surface area contributed by atoms with E-state index in [0.717, 1.165) is 16.7 Å². The first-order valence-electron chi connectivity index (χ1n) is 11.6. The van der Waals surface area contributed by atoms with E-state index in [0.29, 0.717) is 44.2 Å². The summed E-state index contributed by atoms with van der Waals surface area (Å²) in [6.07, 6.45) is 2.88. The smallest absolute Gasteiger partial charge is 0.250 e. The molecule has 0 bridgehead atoms. The van der Waals surface area contributed by atoms with E-state index in [1.165, 1.54) is 11.6 Å². The first-order valence-corrected chi connectivity index (χ1v) is 12.7. The standard InChI is InChI=1S/C29H21Cl2N3O3S/c1-16-3-7-23(17(2)11-16)28-33-24-15-21(4-8-26(24)37-28)32-29(38)34-27(35)10-6-22-5-9-25(36-22)18-12-19(30)14-20(31)13-18/h3-15H,1-2H3,(H2,32,34,35,38)/b10-6+. The van der Waals surface area contributed by atoms with E-state index in [1.54, 1.807) is 42.5 Å². The van der Waals surface area contributed by atoms with E-state index in [2.05, 4.69) is 21.7 Å². The molecule has 190 valence electrons. The number of aryl methyl sites for hydroxylation is 2. The number of thiocarbonyl (C=S) groups is 1. The Balaban J connectivity index is 1.21. The maximum atomic E-state index is 12.4. The molecule has 0 fully saturated rings. The zero-order chi connectivity index (χ0) is 26.8. The zero-order valence-corrected chi connectivity index (χ0v) is 22.7. The number of halogens is 2. The molecular weight excluding hydrogens is 541 g/mol. The molecule has 0 aliphatic carbocycles. The number of nitrogens with one attached hydrogen (secondary N) is 2. The third kappa shape index (κ3) is 5.97. The van der Waals surface area contributed by atoms with E-state index in [1.807, 2.05) is 38.1 Å². The van der Waals surface area contributed by atoms with Gasteiger partial charge in [-0.2, -0.15) is 0 Å². The van der Waals surface area contributed by atoms with Crippen LogP contribution in [0.1, 0.15) is 16.9 Å². The minimum atomic E-state index is -0.411. The average Bonchev–Trinajstić information content (AvgIpc) is 3.49. The summed E-state index contributed by atoms with van der Waals surface area (Å²) < 4.78 is 11.7. The molecule has 1 amide bonds.